The van der Waals surface area contributed by atoms with Crippen LogP contribution in [0.2, 0.25) is 15.1 Å². The minimum atomic E-state index is -1.22. The molecule has 1 rings (SSSR count). The van der Waals surface area contributed by atoms with Gasteiger partial charge in [-0.2, -0.15) is 0 Å². The van der Waals surface area contributed by atoms with Crippen molar-refractivity contribution in [2.45, 2.75) is 19.1 Å². The van der Waals surface area contributed by atoms with Crippen LogP contribution in [0.3, 0.4) is 0 Å². The highest BCUT2D eigenvalue weighted by molar-refractivity contribution is 8.13. The van der Waals surface area contributed by atoms with Crippen molar-refractivity contribution in [1.82, 2.24) is 0 Å². The summed E-state index contributed by atoms with van der Waals surface area (Å²) in [5, 5.41) is 20.3. The maximum atomic E-state index is 10.8. The van der Waals surface area contributed by atoms with Crippen molar-refractivity contribution in [2.24, 2.45) is 0 Å². The first kappa shape index (κ1) is 16.1. The molecule has 0 aliphatic rings. The number of hydrogen-bond acceptors (Lipinski definition) is 4. The third-order valence-electron chi connectivity index (χ3n) is 2.18. The number of hydrogen-bond donors (Lipinski definition) is 2. The summed E-state index contributed by atoms with van der Waals surface area (Å²) in [7, 11) is 0. The normalized spacial score (nSPS) is 14.3. The Bertz CT molecular complexity index is 453. The topological polar surface area (TPSA) is 57.5 Å². The van der Waals surface area contributed by atoms with E-state index >= 15 is 0 Å². The van der Waals surface area contributed by atoms with Gasteiger partial charge in [-0.15, -0.1) is 0 Å². The predicted octanol–water partition coefficient (Wildman–Crippen LogP) is 3.32. The molecule has 0 bridgehead atoms. The molecule has 1 aromatic rings. The molecule has 2 unspecified atom stereocenters. The first-order valence-corrected chi connectivity index (χ1v) is 7.08. The largest absolute Gasteiger partial charge is 0.389 e. The molecule has 7 heteroatoms. The number of thioether (sulfide) groups is 1. The second-order valence-electron chi connectivity index (χ2n) is 3.60. The van der Waals surface area contributed by atoms with Crippen molar-refractivity contribution in [3.63, 3.8) is 0 Å². The molecule has 0 aliphatic heterocycles. The number of benzene rings is 1. The maximum Gasteiger partial charge on any atom is 0.185 e. The van der Waals surface area contributed by atoms with Gasteiger partial charge in [-0.25, -0.2) is 0 Å². The fourth-order valence-electron chi connectivity index (χ4n) is 1.27. The number of halogens is 3. The summed E-state index contributed by atoms with van der Waals surface area (Å²) < 4.78 is 0. The molecule has 100 valence electrons. The lowest BCUT2D eigenvalue weighted by atomic mass is 10.1. The van der Waals surface area contributed by atoms with Gasteiger partial charge in [-0.3, -0.25) is 4.79 Å². The van der Waals surface area contributed by atoms with E-state index < -0.39 is 12.2 Å². The van der Waals surface area contributed by atoms with E-state index in [0.29, 0.717) is 0 Å². The zero-order valence-electron chi connectivity index (χ0n) is 9.36. The number of rotatable bonds is 4. The van der Waals surface area contributed by atoms with E-state index in [9.17, 15) is 15.0 Å². The lowest BCUT2D eigenvalue weighted by Gasteiger charge is -2.19. The Hall–Kier alpha value is 0.0300. The summed E-state index contributed by atoms with van der Waals surface area (Å²) in [6, 6.07) is 2.80. The number of carbonyl (C=O) groups is 1. The van der Waals surface area contributed by atoms with E-state index in [0.717, 1.165) is 11.8 Å². The van der Waals surface area contributed by atoms with Gasteiger partial charge < -0.3 is 10.2 Å². The standard InChI is InChI=1S/C11H11Cl3O3S/c1-5(15)18-4-10(16)11(17)6-2-8(13)9(14)3-7(6)12/h2-3,10-11,16-17H,4H2,1H3. The van der Waals surface area contributed by atoms with Crippen molar-refractivity contribution >= 4 is 51.7 Å². The van der Waals surface area contributed by atoms with Crippen LogP contribution in [0.1, 0.15) is 18.6 Å². The van der Waals surface area contributed by atoms with Crippen molar-refractivity contribution in [3.8, 4) is 0 Å². The van der Waals surface area contributed by atoms with Gasteiger partial charge in [0.05, 0.1) is 16.1 Å². The first-order valence-electron chi connectivity index (χ1n) is 4.97. The number of aliphatic hydroxyl groups is 2. The minimum Gasteiger partial charge on any atom is -0.389 e. The van der Waals surface area contributed by atoms with E-state index in [1.165, 1.54) is 19.1 Å². The molecular formula is C11H11Cl3O3S. The van der Waals surface area contributed by atoms with E-state index in [1.54, 1.807) is 0 Å². The molecule has 3 nitrogen and oxygen atoms in total. The molecule has 0 aromatic heterocycles. The summed E-state index contributed by atoms with van der Waals surface area (Å²) in [6.07, 6.45) is -2.34. The van der Waals surface area contributed by atoms with Crippen molar-refractivity contribution in [3.05, 3.63) is 32.8 Å². The average molecular weight is 330 g/mol. The first-order chi connectivity index (χ1) is 8.32. The highest BCUT2D eigenvalue weighted by Gasteiger charge is 2.22. The van der Waals surface area contributed by atoms with Crippen LogP contribution in [-0.2, 0) is 4.79 Å². The summed E-state index contributed by atoms with van der Waals surface area (Å²) in [4.78, 5) is 10.8. The molecule has 2 N–H and O–H groups in total. The second-order valence-corrected chi connectivity index (χ2v) is 6.02. The molecule has 0 spiro atoms. The van der Waals surface area contributed by atoms with E-state index in [2.05, 4.69) is 0 Å². The van der Waals surface area contributed by atoms with Crippen LogP contribution in [0.5, 0.6) is 0 Å². The average Bonchev–Trinajstić information content (AvgIpc) is 2.29. The Morgan fingerprint density at radius 1 is 1.22 bits per heavy atom. The van der Waals surface area contributed by atoms with Crippen LogP contribution in [-0.4, -0.2) is 27.2 Å². The maximum absolute atomic E-state index is 10.8. The molecule has 18 heavy (non-hydrogen) atoms. The molecule has 0 saturated heterocycles. The Balaban J connectivity index is 2.86. The van der Waals surface area contributed by atoms with E-state index in [1.807, 2.05) is 0 Å². The van der Waals surface area contributed by atoms with Crippen LogP contribution in [0.15, 0.2) is 12.1 Å². The minimum absolute atomic E-state index is 0.0765. The van der Waals surface area contributed by atoms with Crippen LogP contribution in [0.4, 0.5) is 0 Å². The van der Waals surface area contributed by atoms with Crippen molar-refractivity contribution < 1.29 is 15.0 Å². The molecule has 1 aromatic carbocycles. The van der Waals surface area contributed by atoms with Crippen LogP contribution in [0.25, 0.3) is 0 Å². The van der Waals surface area contributed by atoms with Gasteiger partial charge in [-0.05, 0) is 12.1 Å². The third kappa shape index (κ3) is 4.30. The van der Waals surface area contributed by atoms with Gasteiger partial charge >= 0.3 is 0 Å². The predicted molar refractivity (Wildman–Crippen MR) is 75.6 cm³/mol. The fourth-order valence-corrected chi connectivity index (χ4v) is 2.52. The SMILES string of the molecule is CC(=O)SCC(O)C(O)c1cc(Cl)c(Cl)cc1Cl. The number of carbonyl (C=O) groups excluding carboxylic acids is 1. The highest BCUT2D eigenvalue weighted by atomic mass is 35.5. The van der Waals surface area contributed by atoms with Gasteiger partial charge in [-0.1, -0.05) is 46.6 Å². The van der Waals surface area contributed by atoms with Gasteiger partial charge in [0, 0.05) is 23.3 Å². The van der Waals surface area contributed by atoms with Crippen LogP contribution >= 0.6 is 46.6 Å². The Morgan fingerprint density at radius 2 is 1.78 bits per heavy atom. The summed E-state index contributed by atoms with van der Waals surface area (Å²) >= 11 is 18.4. The van der Waals surface area contributed by atoms with Gasteiger partial charge in [0.2, 0.25) is 0 Å². The van der Waals surface area contributed by atoms with E-state index in [4.69, 9.17) is 34.8 Å². The molecule has 0 fully saturated rings. The van der Waals surface area contributed by atoms with Gasteiger partial charge in [0.15, 0.2) is 5.12 Å². The summed E-state index contributed by atoms with van der Waals surface area (Å²) in [6.45, 7) is 1.38. The Kier molecular flexibility index (Phi) is 6.24. The van der Waals surface area contributed by atoms with Gasteiger partial charge in [0.25, 0.3) is 0 Å². The summed E-state index contributed by atoms with van der Waals surface area (Å²) in [5.74, 6) is 0.0765. The van der Waals surface area contributed by atoms with Crippen molar-refractivity contribution in [2.75, 3.05) is 5.75 Å². The zero-order chi connectivity index (χ0) is 13.9. The molecule has 0 saturated carbocycles. The molecule has 0 heterocycles. The van der Waals surface area contributed by atoms with Gasteiger partial charge in [0.1, 0.15) is 6.10 Å². The number of aliphatic hydroxyl groups excluding tert-OH is 2. The second kappa shape index (κ2) is 6.98. The Labute approximate surface area is 124 Å². The highest BCUT2D eigenvalue weighted by Crippen LogP contribution is 2.33. The molecule has 2 atom stereocenters. The van der Waals surface area contributed by atoms with Crippen LogP contribution < -0.4 is 0 Å². The fraction of sp³-hybridized carbons (Fsp3) is 0.364. The lowest BCUT2D eigenvalue weighted by molar-refractivity contribution is -0.109. The van der Waals surface area contributed by atoms with Crippen molar-refractivity contribution in [1.29, 1.82) is 0 Å². The summed E-state index contributed by atoms with van der Waals surface area (Å²) in [5.41, 5.74) is 0.280. The third-order valence-corrected chi connectivity index (χ3v) is 4.14. The lowest BCUT2D eigenvalue weighted by Crippen LogP contribution is -2.21. The molecule has 0 radical (unpaired) electrons. The van der Waals surface area contributed by atoms with E-state index in [-0.39, 0.29) is 31.5 Å². The Morgan fingerprint density at radius 3 is 2.33 bits per heavy atom. The monoisotopic (exact) mass is 328 g/mol. The van der Waals surface area contributed by atoms with Crippen LogP contribution in [0, 0.1) is 0 Å². The molecule has 0 amide bonds. The zero-order valence-corrected chi connectivity index (χ0v) is 12.4. The molecular weight excluding hydrogens is 319 g/mol. The molecule has 0 aliphatic carbocycles. The smallest absolute Gasteiger partial charge is 0.185 e. The quantitative estimate of drug-likeness (QED) is 0.832.